The molecule has 32 heavy (non-hydrogen) atoms. The van der Waals surface area contributed by atoms with E-state index < -0.39 is 35.9 Å². The van der Waals surface area contributed by atoms with Crippen LogP contribution in [0.5, 0.6) is 0 Å². The minimum atomic E-state index is -4.96. The minimum absolute atomic E-state index is 0.0371. The van der Waals surface area contributed by atoms with Crippen LogP contribution >= 0.6 is 0 Å². The summed E-state index contributed by atoms with van der Waals surface area (Å²) in [5.74, 6) is -0.504. The number of nitrogens with two attached hydrogens (primary N) is 1. The van der Waals surface area contributed by atoms with Crippen molar-refractivity contribution in [2.24, 2.45) is 0 Å². The Bertz CT molecular complexity index is 1420. The molecule has 3 aromatic rings. The summed E-state index contributed by atoms with van der Waals surface area (Å²) in [5.41, 5.74) is 5.88. The minimum Gasteiger partial charge on any atom is -0.744 e. The second kappa shape index (κ2) is 8.93. The molecule has 0 aliphatic carbocycles. The highest BCUT2D eigenvalue weighted by Gasteiger charge is 2.12. The van der Waals surface area contributed by atoms with Gasteiger partial charge >= 0.3 is 0 Å². The Morgan fingerprint density at radius 1 is 0.781 bits per heavy atom. The van der Waals surface area contributed by atoms with Gasteiger partial charge in [0.25, 0.3) is 5.91 Å². The molecule has 9 nitrogen and oxygen atoms in total. The lowest BCUT2D eigenvalue weighted by Crippen LogP contribution is -2.12. The van der Waals surface area contributed by atoms with Crippen LogP contribution in [0.4, 0.5) is 11.4 Å². The van der Waals surface area contributed by atoms with Gasteiger partial charge in [0.05, 0.1) is 9.79 Å². The van der Waals surface area contributed by atoms with E-state index in [1.807, 2.05) is 0 Å². The Morgan fingerprint density at radius 3 is 1.88 bits per heavy atom. The molecule has 1 amide bonds. The summed E-state index contributed by atoms with van der Waals surface area (Å²) >= 11 is 0. The monoisotopic (exact) mass is 472 g/mol. The number of benzene rings is 3. The predicted molar refractivity (Wildman–Crippen MR) is 117 cm³/mol. The topological polar surface area (TPSA) is 170 Å². The summed E-state index contributed by atoms with van der Waals surface area (Å²) in [6.45, 7) is 0. The number of nitrogen functional groups attached to an aromatic ring is 1. The van der Waals surface area contributed by atoms with Crippen molar-refractivity contribution in [2.75, 3.05) is 11.1 Å². The molecule has 3 N–H and O–H groups in total. The number of anilines is 2. The van der Waals surface area contributed by atoms with Crippen molar-refractivity contribution < 1.29 is 30.7 Å². The van der Waals surface area contributed by atoms with Crippen molar-refractivity contribution in [3.8, 4) is 0 Å². The van der Waals surface area contributed by atoms with Gasteiger partial charge in [-0.2, -0.15) is 0 Å². The molecule has 0 saturated carbocycles. The molecule has 0 fully saturated rings. The van der Waals surface area contributed by atoms with E-state index in [1.165, 1.54) is 36.4 Å². The number of rotatable bonds is 6. The van der Waals surface area contributed by atoms with Crippen LogP contribution in [0, 0.1) is 0 Å². The third-order valence-electron chi connectivity index (χ3n) is 4.33. The van der Waals surface area contributed by atoms with Crippen LogP contribution in [0.1, 0.15) is 21.5 Å². The number of amides is 1. The van der Waals surface area contributed by atoms with Crippen LogP contribution in [-0.4, -0.2) is 31.8 Å². The highest BCUT2D eigenvalue weighted by molar-refractivity contribution is 7.86. The molecule has 0 aliphatic heterocycles. The molecule has 0 aromatic heterocycles. The van der Waals surface area contributed by atoms with Crippen molar-refractivity contribution in [1.29, 1.82) is 0 Å². The molecule has 0 atom stereocenters. The van der Waals surface area contributed by atoms with Crippen molar-refractivity contribution in [3.05, 3.63) is 83.4 Å². The molecule has 0 bridgehead atoms. The van der Waals surface area contributed by atoms with Crippen molar-refractivity contribution in [3.63, 3.8) is 0 Å². The largest absolute Gasteiger partial charge is 0.744 e. The van der Waals surface area contributed by atoms with Crippen molar-refractivity contribution >= 4 is 49.7 Å². The Morgan fingerprint density at radius 2 is 1.31 bits per heavy atom. The van der Waals surface area contributed by atoms with Gasteiger partial charge in [0, 0.05) is 16.9 Å². The highest BCUT2D eigenvalue weighted by Crippen LogP contribution is 2.25. The quantitative estimate of drug-likeness (QED) is 0.313. The van der Waals surface area contributed by atoms with Crippen LogP contribution in [0.3, 0.4) is 0 Å². The standard InChI is InChI=1S/C21H18N2O7S2/c22-17-10-8-14(19(12-17)31(25,26)27)6-7-15-9-11-18(13-20(15)32(28,29)30)23-21(24)16-4-2-1-3-5-16/h1-13H,22H2,(H,23,24)(H,25,26,27)(H,28,29,30)/p-2/b7-6+. The molecule has 3 rings (SSSR count). The van der Waals surface area contributed by atoms with E-state index in [0.717, 1.165) is 12.1 Å². The van der Waals surface area contributed by atoms with Gasteiger partial charge in [-0.25, -0.2) is 16.8 Å². The van der Waals surface area contributed by atoms with E-state index in [4.69, 9.17) is 5.73 Å². The first-order chi connectivity index (χ1) is 14.9. The van der Waals surface area contributed by atoms with Gasteiger partial charge in [-0.3, -0.25) is 4.79 Å². The maximum atomic E-state index is 12.3. The lowest BCUT2D eigenvalue weighted by atomic mass is 10.1. The molecule has 166 valence electrons. The average Bonchev–Trinajstić information content (AvgIpc) is 2.72. The van der Waals surface area contributed by atoms with Gasteiger partial charge in [0.1, 0.15) is 20.2 Å². The van der Waals surface area contributed by atoms with Crippen molar-refractivity contribution in [1.82, 2.24) is 0 Å². The molecule has 0 spiro atoms. The predicted octanol–water partition coefficient (Wildman–Crippen LogP) is 2.50. The van der Waals surface area contributed by atoms with Gasteiger partial charge in [0.2, 0.25) is 0 Å². The summed E-state index contributed by atoms with van der Waals surface area (Å²) in [6.07, 6.45) is 2.35. The van der Waals surface area contributed by atoms with E-state index in [2.05, 4.69) is 5.32 Å². The third-order valence-corrected chi connectivity index (χ3v) is 6.11. The summed E-state index contributed by atoms with van der Waals surface area (Å²) in [7, 11) is -9.81. The van der Waals surface area contributed by atoms with Crippen LogP contribution in [0.15, 0.2) is 76.5 Å². The Hall–Kier alpha value is -3.51. The number of hydrogen-bond donors (Lipinski definition) is 2. The SMILES string of the molecule is Nc1ccc(/C=C/c2ccc(NC(=O)c3ccccc3)cc2S(=O)(=O)[O-])c(S(=O)(=O)[O-])c1. The van der Waals surface area contributed by atoms with Gasteiger partial charge in [-0.1, -0.05) is 42.5 Å². The zero-order valence-corrected chi connectivity index (χ0v) is 17.9. The normalized spacial score (nSPS) is 12.1. The molecular weight excluding hydrogens is 456 g/mol. The average molecular weight is 473 g/mol. The Balaban J connectivity index is 1.99. The van der Waals surface area contributed by atoms with Crippen LogP contribution in [0.2, 0.25) is 0 Å². The number of hydrogen-bond acceptors (Lipinski definition) is 8. The molecule has 0 radical (unpaired) electrons. The van der Waals surface area contributed by atoms with E-state index in [-0.39, 0.29) is 22.5 Å². The van der Waals surface area contributed by atoms with Gasteiger partial charge in [-0.05, 0) is 47.5 Å². The van der Waals surface area contributed by atoms with Gasteiger partial charge < -0.3 is 20.2 Å². The van der Waals surface area contributed by atoms with E-state index in [9.17, 15) is 30.7 Å². The molecule has 0 aliphatic rings. The summed E-state index contributed by atoms with van der Waals surface area (Å²) < 4.78 is 69.8. The number of carbonyl (C=O) groups is 1. The lowest BCUT2D eigenvalue weighted by Gasteiger charge is -2.14. The van der Waals surface area contributed by atoms with Crippen LogP contribution in [-0.2, 0) is 20.2 Å². The first-order valence-electron chi connectivity index (χ1n) is 8.95. The molecule has 0 saturated heterocycles. The van der Waals surface area contributed by atoms with Crippen LogP contribution < -0.4 is 11.1 Å². The summed E-state index contributed by atoms with van der Waals surface area (Å²) in [5, 5.41) is 2.51. The smallest absolute Gasteiger partial charge is 0.255 e. The molecule has 0 heterocycles. The fourth-order valence-electron chi connectivity index (χ4n) is 2.84. The second-order valence-electron chi connectivity index (χ2n) is 6.61. The third kappa shape index (κ3) is 5.59. The van der Waals surface area contributed by atoms with E-state index >= 15 is 0 Å². The first-order valence-corrected chi connectivity index (χ1v) is 11.8. The van der Waals surface area contributed by atoms with Gasteiger partial charge in [-0.15, -0.1) is 0 Å². The maximum absolute atomic E-state index is 12.3. The van der Waals surface area contributed by atoms with Gasteiger partial charge in [0.15, 0.2) is 0 Å². The van der Waals surface area contributed by atoms with Crippen LogP contribution in [0.25, 0.3) is 12.2 Å². The zero-order chi connectivity index (χ0) is 23.5. The lowest BCUT2D eigenvalue weighted by molar-refractivity contribution is 0.102. The van der Waals surface area contributed by atoms with Crippen molar-refractivity contribution in [2.45, 2.75) is 9.79 Å². The molecular formula is C21H16N2O7S2-2. The highest BCUT2D eigenvalue weighted by atomic mass is 32.2. The van der Waals surface area contributed by atoms with E-state index in [1.54, 1.807) is 30.3 Å². The molecule has 11 heteroatoms. The molecule has 0 unspecified atom stereocenters. The second-order valence-corrected chi connectivity index (χ2v) is 9.31. The maximum Gasteiger partial charge on any atom is 0.255 e. The Labute approximate surface area is 184 Å². The first kappa shape index (κ1) is 23.2. The summed E-state index contributed by atoms with van der Waals surface area (Å²) in [6, 6.07) is 15.4. The van der Waals surface area contributed by atoms with E-state index in [0.29, 0.717) is 5.56 Å². The zero-order valence-electron chi connectivity index (χ0n) is 16.3. The molecule has 3 aromatic carbocycles. The number of carbonyl (C=O) groups excluding carboxylic acids is 1. The fraction of sp³-hybridized carbons (Fsp3) is 0. The Kier molecular flexibility index (Phi) is 6.46. The number of nitrogens with one attached hydrogen (secondary N) is 1. The fourth-order valence-corrected chi connectivity index (χ4v) is 4.25. The summed E-state index contributed by atoms with van der Waals surface area (Å²) in [4.78, 5) is 11.1.